The Labute approximate surface area is 143 Å². The first-order valence-electron chi connectivity index (χ1n) is 9.03. The number of aliphatic hydroxyl groups excluding tert-OH is 1. The number of methoxy groups -OCH3 is 1. The molecule has 3 aliphatic rings. The molecule has 4 heteroatoms. The number of ether oxygens (including phenoxy) is 1. The van der Waals surface area contributed by atoms with Crippen molar-refractivity contribution in [2.45, 2.75) is 51.0 Å². The van der Waals surface area contributed by atoms with Gasteiger partial charge in [0.2, 0.25) is 0 Å². The van der Waals surface area contributed by atoms with Gasteiger partial charge in [-0.3, -0.25) is 0 Å². The van der Waals surface area contributed by atoms with Crippen LogP contribution in [0.1, 0.15) is 49.7 Å². The summed E-state index contributed by atoms with van der Waals surface area (Å²) < 4.78 is 5.39. The van der Waals surface area contributed by atoms with Crippen molar-refractivity contribution < 1.29 is 14.7 Å². The van der Waals surface area contributed by atoms with Gasteiger partial charge in [0.1, 0.15) is 19.0 Å². The van der Waals surface area contributed by atoms with Gasteiger partial charge >= 0.3 is 0 Å². The summed E-state index contributed by atoms with van der Waals surface area (Å²) in [6.07, 6.45) is 4.91. The zero-order valence-electron chi connectivity index (χ0n) is 14.8. The Morgan fingerprint density at radius 1 is 1.25 bits per heavy atom. The van der Waals surface area contributed by atoms with Crippen molar-refractivity contribution in [3.63, 3.8) is 0 Å². The van der Waals surface area contributed by atoms with E-state index in [9.17, 15) is 5.11 Å². The predicted molar refractivity (Wildman–Crippen MR) is 93.4 cm³/mol. The van der Waals surface area contributed by atoms with Crippen LogP contribution in [0.15, 0.2) is 23.4 Å². The normalized spacial score (nSPS) is 39.1. The van der Waals surface area contributed by atoms with Gasteiger partial charge in [0, 0.05) is 5.41 Å². The minimum absolute atomic E-state index is 0.0531. The largest absolute Gasteiger partial charge is 0.497 e. The Morgan fingerprint density at radius 3 is 2.83 bits per heavy atom. The second-order valence-corrected chi connectivity index (χ2v) is 7.90. The van der Waals surface area contributed by atoms with Crippen LogP contribution in [0, 0.1) is 17.3 Å². The Kier molecular flexibility index (Phi) is 3.83. The van der Waals surface area contributed by atoms with Crippen LogP contribution in [0.25, 0.3) is 0 Å². The molecular weight excluding hydrogens is 302 g/mol. The summed E-state index contributed by atoms with van der Waals surface area (Å²) in [6, 6.07) is 6.57. The third-order valence-electron chi connectivity index (χ3n) is 6.95. The fourth-order valence-electron chi connectivity index (χ4n) is 5.68. The van der Waals surface area contributed by atoms with Gasteiger partial charge in [-0.25, -0.2) is 0 Å². The third-order valence-corrected chi connectivity index (χ3v) is 6.95. The average Bonchev–Trinajstić information content (AvgIpc) is 2.86. The molecule has 130 valence electrons. The minimum Gasteiger partial charge on any atom is -0.497 e. The molecular formula is C20H27NO3. The van der Waals surface area contributed by atoms with Crippen LogP contribution in [-0.2, 0) is 11.3 Å². The van der Waals surface area contributed by atoms with E-state index < -0.39 is 6.10 Å². The van der Waals surface area contributed by atoms with Crippen LogP contribution in [0.5, 0.6) is 5.75 Å². The fraction of sp³-hybridized carbons (Fsp3) is 0.650. The van der Waals surface area contributed by atoms with Crippen LogP contribution in [0.2, 0.25) is 0 Å². The van der Waals surface area contributed by atoms with Crippen molar-refractivity contribution in [1.29, 1.82) is 0 Å². The van der Waals surface area contributed by atoms with E-state index in [4.69, 9.17) is 9.57 Å². The first-order valence-corrected chi connectivity index (χ1v) is 9.03. The number of oxime groups is 1. The van der Waals surface area contributed by atoms with Crippen LogP contribution < -0.4 is 4.74 Å². The van der Waals surface area contributed by atoms with E-state index in [1.54, 1.807) is 14.2 Å². The van der Waals surface area contributed by atoms with Gasteiger partial charge in [-0.2, -0.15) is 0 Å². The molecule has 5 atom stereocenters. The highest BCUT2D eigenvalue weighted by molar-refractivity contribution is 5.91. The summed E-state index contributed by atoms with van der Waals surface area (Å²) >= 11 is 0. The van der Waals surface area contributed by atoms with Gasteiger partial charge in [0.25, 0.3) is 0 Å². The molecule has 4 nitrogen and oxygen atoms in total. The Bertz CT molecular complexity index is 671. The van der Waals surface area contributed by atoms with Gasteiger partial charge in [0.15, 0.2) is 0 Å². The number of rotatable bonds is 2. The maximum atomic E-state index is 10.8. The summed E-state index contributed by atoms with van der Waals surface area (Å²) in [4.78, 5) is 4.98. The molecule has 0 spiro atoms. The van der Waals surface area contributed by atoms with Crippen LogP contribution in [-0.4, -0.2) is 31.1 Å². The van der Waals surface area contributed by atoms with E-state index in [0.29, 0.717) is 17.8 Å². The lowest BCUT2D eigenvalue weighted by Crippen LogP contribution is -2.44. The monoisotopic (exact) mass is 329 g/mol. The van der Waals surface area contributed by atoms with Gasteiger partial charge in [0.05, 0.1) is 12.8 Å². The maximum absolute atomic E-state index is 10.8. The Morgan fingerprint density at radius 2 is 2.08 bits per heavy atom. The number of benzene rings is 1. The summed E-state index contributed by atoms with van der Waals surface area (Å²) in [5.41, 5.74) is 3.73. The summed E-state index contributed by atoms with van der Waals surface area (Å²) in [5.74, 6) is 2.68. The molecule has 0 amide bonds. The number of fused-ring (bicyclic) bond motifs is 5. The summed E-state index contributed by atoms with van der Waals surface area (Å²) in [5, 5.41) is 14.9. The van der Waals surface area contributed by atoms with E-state index in [0.717, 1.165) is 37.1 Å². The number of hydrogen-bond acceptors (Lipinski definition) is 4. The molecule has 0 aromatic heterocycles. The van der Waals surface area contributed by atoms with Gasteiger partial charge < -0.3 is 14.7 Å². The number of nitrogens with zero attached hydrogens (tertiary/aromatic N) is 1. The molecule has 1 aromatic carbocycles. The van der Waals surface area contributed by atoms with Crippen molar-refractivity contribution in [3.05, 3.63) is 29.3 Å². The first-order chi connectivity index (χ1) is 11.6. The number of hydrogen-bond donors (Lipinski definition) is 1. The molecule has 2 fully saturated rings. The van der Waals surface area contributed by atoms with Crippen molar-refractivity contribution in [2.75, 3.05) is 14.2 Å². The second kappa shape index (κ2) is 5.76. The lowest BCUT2D eigenvalue weighted by molar-refractivity contribution is -0.0122. The highest BCUT2D eigenvalue weighted by atomic mass is 16.6. The molecule has 24 heavy (non-hydrogen) atoms. The molecule has 0 unspecified atom stereocenters. The van der Waals surface area contributed by atoms with E-state index >= 15 is 0 Å². The first kappa shape index (κ1) is 15.9. The zero-order chi connectivity index (χ0) is 16.9. The SMILES string of the molecule is CO/N=C1\C[C@H]2[C@@H]3CCc4cc(OC)ccc4[C@H]3CC[C@]2(C)[C@H]1O. The topological polar surface area (TPSA) is 51.0 Å². The molecule has 0 aliphatic heterocycles. The van der Waals surface area contributed by atoms with Gasteiger partial charge in [-0.1, -0.05) is 18.1 Å². The third kappa shape index (κ3) is 2.19. The molecule has 1 N–H and O–H groups in total. The average molecular weight is 329 g/mol. The molecule has 2 saturated carbocycles. The number of aliphatic hydroxyl groups is 1. The highest BCUT2D eigenvalue weighted by Gasteiger charge is 2.57. The molecule has 0 saturated heterocycles. The van der Waals surface area contributed by atoms with E-state index in [1.165, 1.54) is 17.5 Å². The molecule has 4 rings (SSSR count). The predicted octanol–water partition coefficient (Wildman–Crippen LogP) is 3.52. The van der Waals surface area contributed by atoms with Crippen LogP contribution in [0.3, 0.4) is 0 Å². The molecule has 1 aromatic rings. The van der Waals surface area contributed by atoms with Crippen molar-refractivity contribution >= 4 is 5.71 Å². The Hall–Kier alpha value is -1.55. The lowest BCUT2D eigenvalue weighted by atomic mass is 9.55. The molecule has 0 radical (unpaired) electrons. The van der Waals surface area contributed by atoms with Crippen molar-refractivity contribution in [3.8, 4) is 5.75 Å². The smallest absolute Gasteiger partial charge is 0.119 e. The quantitative estimate of drug-likeness (QED) is 0.845. The van der Waals surface area contributed by atoms with Crippen molar-refractivity contribution in [1.82, 2.24) is 0 Å². The molecule has 3 aliphatic carbocycles. The van der Waals surface area contributed by atoms with E-state index in [-0.39, 0.29) is 5.41 Å². The lowest BCUT2D eigenvalue weighted by Gasteiger charge is -2.49. The van der Waals surface area contributed by atoms with Crippen LogP contribution >= 0.6 is 0 Å². The maximum Gasteiger partial charge on any atom is 0.119 e. The number of aryl methyl sites for hydroxylation is 1. The minimum atomic E-state index is -0.458. The molecule has 0 bridgehead atoms. The summed E-state index contributed by atoms with van der Waals surface area (Å²) in [6.45, 7) is 2.25. The molecule has 0 heterocycles. The van der Waals surface area contributed by atoms with Gasteiger partial charge in [-0.05, 0) is 73.1 Å². The summed E-state index contributed by atoms with van der Waals surface area (Å²) in [7, 11) is 3.30. The van der Waals surface area contributed by atoms with Crippen LogP contribution in [0.4, 0.5) is 0 Å². The van der Waals surface area contributed by atoms with E-state index in [2.05, 4.69) is 30.3 Å². The highest BCUT2D eigenvalue weighted by Crippen LogP contribution is 2.60. The standard InChI is InChI=1S/C20H27NO3/c1-20-9-8-15-14-7-5-13(23-2)10-12(14)4-6-16(15)17(20)11-18(19(20)22)21-24-3/h5,7,10,15-17,19,22H,4,6,8-9,11H2,1-3H3/b21-18+/t15-,16-,17+,19+,20+/m1/s1. The zero-order valence-corrected chi connectivity index (χ0v) is 14.8. The van der Waals surface area contributed by atoms with Gasteiger partial charge in [-0.15, -0.1) is 0 Å². The Balaban J connectivity index is 1.67. The van der Waals surface area contributed by atoms with E-state index in [1.807, 2.05) is 0 Å². The fourth-order valence-corrected chi connectivity index (χ4v) is 5.68. The van der Waals surface area contributed by atoms with Crippen molar-refractivity contribution in [2.24, 2.45) is 22.4 Å². The second-order valence-electron chi connectivity index (χ2n) is 7.90.